The molecule has 0 amide bonds. The van der Waals surface area contributed by atoms with E-state index in [4.69, 9.17) is 39.1 Å². The molecule has 6 nitrogen and oxygen atoms in total. The normalized spacial score (nSPS) is 15.5. The predicted molar refractivity (Wildman–Crippen MR) is 149 cm³/mol. The zero-order valence-corrected chi connectivity index (χ0v) is 23.4. The number of pyridine rings is 2. The van der Waals surface area contributed by atoms with Crippen LogP contribution in [-0.4, -0.2) is 54.9 Å². The molecule has 0 aromatic carbocycles. The van der Waals surface area contributed by atoms with Gasteiger partial charge in [0.25, 0.3) is 0 Å². The van der Waals surface area contributed by atoms with E-state index >= 15 is 0 Å². The first kappa shape index (κ1) is 29.0. The van der Waals surface area contributed by atoms with Crippen LogP contribution in [0.2, 0.25) is 10.0 Å². The van der Waals surface area contributed by atoms with Crippen molar-refractivity contribution >= 4 is 42.7 Å². The van der Waals surface area contributed by atoms with Crippen LogP contribution in [0.15, 0.2) is 60.4 Å². The van der Waals surface area contributed by atoms with Crippen LogP contribution < -0.4 is 10.6 Å². The van der Waals surface area contributed by atoms with E-state index < -0.39 is 12.5 Å². The molecule has 0 bridgehead atoms. The topological polar surface area (TPSA) is 88.1 Å². The van der Waals surface area contributed by atoms with Crippen molar-refractivity contribution in [3.8, 4) is 0 Å². The van der Waals surface area contributed by atoms with Crippen molar-refractivity contribution in [2.24, 2.45) is 11.1 Å². The van der Waals surface area contributed by atoms with Crippen molar-refractivity contribution in [3.05, 3.63) is 87.4 Å². The number of aromatic nitrogens is 2. The monoisotopic (exact) mass is 567 g/mol. The van der Waals surface area contributed by atoms with Crippen LogP contribution >= 0.6 is 31.1 Å². The van der Waals surface area contributed by atoms with Gasteiger partial charge in [-0.2, -0.15) is 0 Å². The van der Waals surface area contributed by atoms with Gasteiger partial charge < -0.3 is 15.4 Å². The highest BCUT2D eigenvalue weighted by molar-refractivity contribution is 7.56. The molecule has 0 radical (unpaired) electrons. The average molecular weight is 568 g/mol. The second-order valence-electron chi connectivity index (χ2n) is 9.55. The van der Waals surface area contributed by atoms with Crippen LogP contribution in [0.25, 0.3) is 0 Å². The molecule has 0 spiro atoms. The van der Waals surface area contributed by atoms with Crippen molar-refractivity contribution in [1.82, 2.24) is 9.97 Å². The van der Waals surface area contributed by atoms with E-state index in [0.717, 1.165) is 19.3 Å². The summed E-state index contributed by atoms with van der Waals surface area (Å²) in [6.45, 7) is 11.1. The molecule has 0 aliphatic carbocycles. The molecule has 11 heteroatoms. The summed E-state index contributed by atoms with van der Waals surface area (Å²) in [4.78, 5) is 10.0. The van der Waals surface area contributed by atoms with Crippen LogP contribution in [0.1, 0.15) is 18.1 Å². The molecular formula is C26H30Cl2F2N5OP. The first-order valence-electron chi connectivity index (χ1n) is 11.4. The van der Waals surface area contributed by atoms with Crippen molar-refractivity contribution in [2.45, 2.75) is 13.5 Å². The molecule has 1 fully saturated rings. The molecule has 2 aromatic rings. The largest absolute Gasteiger partial charge is 0.490 e. The molecule has 1 saturated heterocycles. The Balaban J connectivity index is 1.65. The number of alkyl halides is 1. The summed E-state index contributed by atoms with van der Waals surface area (Å²) in [6, 6.07) is 1.26. The summed E-state index contributed by atoms with van der Waals surface area (Å²) in [5, 5.41) is 9.01. The molecular weight excluding hydrogens is 538 g/mol. The number of anilines is 1. The molecule has 1 aliphatic rings. The van der Waals surface area contributed by atoms with Gasteiger partial charge in [-0.15, -0.1) is 7.92 Å². The van der Waals surface area contributed by atoms with E-state index in [2.05, 4.69) is 36.8 Å². The van der Waals surface area contributed by atoms with Gasteiger partial charge in [-0.1, -0.05) is 36.7 Å². The highest BCUT2D eigenvalue weighted by Gasteiger charge is 2.40. The van der Waals surface area contributed by atoms with Crippen molar-refractivity contribution in [1.29, 1.82) is 5.41 Å². The number of hydrogen-bond acceptors (Lipinski definition) is 6. The smallest absolute Gasteiger partial charge is 0.166 e. The minimum absolute atomic E-state index is 0.0245. The Hall–Kier alpha value is -2.54. The van der Waals surface area contributed by atoms with E-state index in [1.54, 1.807) is 0 Å². The van der Waals surface area contributed by atoms with E-state index in [-0.39, 0.29) is 54.1 Å². The maximum Gasteiger partial charge on any atom is 0.166 e. The Kier molecular flexibility index (Phi) is 9.68. The number of nitrogens with two attached hydrogens (primary N) is 1. The van der Waals surface area contributed by atoms with Gasteiger partial charge in [-0.05, 0) is 37.7 Å². The second kappa shape index (κ2) is 12.3. The fourth-order valence-corrected chi connectivity index (χ4v) is 6.36. The summed E-state index contributed by atoms with van der Waals surface area (Å²) >= 11 is 12.1. The van der Waals surface area contributed by atoms with Gasteiger partial charge in [0.15, 0.2) is 11.6 Å². The van der Waals surface area contributed by atoms with Gasteiger partial charge in [0.05, 0.1) is 15.8 Å². The van der Waals surface area contributed by atoms with Gasteiger partial charge in [-0.3, -0.25) is 10.4 Å². The number of nitrogens with zero attached hydrogens (tertiary/aromatic N) is 3. The Morgan fingerprint density at radius 3 is 2.49 bits per heavy atom. The van der Waals surface area contributed by atoms with Crippen LogP contribution in [-0.2, 0) is 11.3 Å². The predicted octanol–water partition coefficient (Wildman–Crippen LogP) is 6.33. The van der Waals surface area contributed by atoms with E-state index in [9.17, 15) is 8.78 Å². The quantitative estimate of drug-likeness (QED) is 0.143. The Morgan fingerprint density at radius 2 is 1.92 bits per heavy atom. The number of rotatable bonds is 11. The van der Waals surface area contributed by atoms with Gasteiger partial charge in [0.2, 0.25) is 0 Å². The SMILES string of the molecule is C=C(C(=N)c1cnc(N2CC(C)(CP(C)C)C2)c(F)c1)/C(N)=C\C=C(/CF)OCc1c(Cl)cncc1Cl. The Bertz CT molecular complexity index is 1230. The average Bonchev–Trinajstić information content (AvgIpc) is 2.82. The molecule has 0 saturated carbocycles. The summed E-state index contributed by atoms with van der Waals surface area (Å²) < 4.78 is 33.8. The Labute approximate surface area is 227 Å². The lowest BCUT2D eigenvalue weighted by Gasteiger charge is -2.49. The molecule has 0 unspecified atom stereocenters. The summed E-state index contributed by atoms with van der Waals surface area (Å²) in [5.74, 6) is -0.248. The van der Waals surface area contributed by atoms with Crippen molar-refractivity contribution in [3.63, 3.8) is 0 Å². The van der Waals surface area contributed by atoms with Crippen LogP contribution in [0.3, 0.4) is 0 Å². The third kappa shape index (κ3) is 7.28. The van der Waals surface area contributed by atoms with Gasteiger partial charge in [0.1, 0.15) is 19.0 Å². The standard InChI is InChI=1S/C26H30Cl2F2N5OP/c1-16(23(31)6-5-18(8-29)36-12-19-20(27)10-33-11-21(19)28)24(32)17-7-22(30)25(34-9-17)35-13-26(2,14-35)15-37(3)4/h5-7,9-11,32H,1,8,12-15,31H2,2-4H3/b18-5+,23-6+,32-24?. The number of nitrogens with one attached hydrogen (secondary N) is 1. The van der Waals surface area contributed by atoms with Crippen LogP contribution in [0.4, 0.5) is 14.6 Å². The van der Waals surface area contributed by atoms with Crippen LogP contribution in [0.5, 0.6) is 0 Å². The maximum absolute atomic E-state index is 14.9. The maximum atomic E-state index is 14.9. The zero-order chi connectivity index (χ0) is 27.3. The number of allylic oxidation sites excluding steroid dienone is 4. The molecule has 0 atom stereocenters. The lowest BCUT2D eigenvalue weighted by Crippen LogP contribution is -2.57. The molecule has 3 rings (SSSR count). The first-order valence-corrected chi connectivity index (χ1v) is 14.6. The molecule has 3 heterocycles. The lowest BCUT2D eigenvalue weighted by atomic mass is 9.84. The van der Waals surface area contributed by atoms with Crippen molar-refractivity contribution in [2.75, 3.05) is 44.2 Å². The number of halogens is 4. The molecule has 1 aliphatic heterocycles. The fraction of sp³-hybridized carbons (Fsp3) is 0.346. The third-order valence-electron chi connectivity index (χ3n) is 5.84. The van der Waals surface area contributed by atoms with Crippen molar-refractivity contribution < 1.29 is 13.5 Å². The Morgan fingerprint density at radius 1 is 1.27 bits per heavy atom. The zero-order valence-electron chi connectivity index (χ0n) is 21.0. The molecule has 37 heavy (non-hydrogen) atoms. The molecule has 2 aromatic heterocycles. The number of hydrogen-bond donors (Lipinski definition) is 2. The van der Waals surface area contributed by atoms with Crippen LogP contribution in [0, 0.1) is 16.6 Å². The highest BCUT2D eigenvalue weighted by Crippen LogP contribution is 2.42. The minimum Gasteiger partial charge on any atom is -0.490 e. The number of ether oxygens (including phenoxy) is 1. The van der Waals surface area contributed by atoms with E-state index in [0.29, 0.717) is 15.6 Å². The van der Waals surface area contributed by atoms with E-state index in [1.165, 1.54) is 36.8 Å². The molecule has 198 valence electrons. The summed E-state index contributed by atoms with van der Waals surface area (Å²) in [5.41, 5.74) is 7.09. The summed E-state index contributed by atoms with van der Waals surface area (Å²) in [6.07, 6.45) is 8.10. The van der Waals surface area contributed by atoms with Gasteiger partial charge in [0, 0.05) is 59.5 Å². The minimum atomic E-state index is -0.904. The third-order valence-corrected chi connectivity index (χ3v) is 7.89. The second-order valence-corrected chi connectivity index (χ2v) is 12.8. The fourth-order valence-electron chi connectivity index (χ4n) is 4.16. The lowest BCUT2D eigenvalue weighted by molar-refractivity contribution is 0.177. The van der Waals surface area contributed by atoms with Gasteiger partial charge >= 0.3 is 0 Å². The summed E-state index contributed by atoms with van der Waals surface area (Å²) in [7, 11) is -0.0322. The van der Waals surface area contributed by atoms with Gasteiger partial charge in [-0.25, -0.2) is 13.8 Å². The molecule has 3 N–H and O–H groups in total. The van der Waals surface area contributed by atoms with E-state index in [1.807, 2.05) is 4.90 Å². The highest BCUT2D eigenvalue weighted by atomic mass is 35.5. The first-order chi connectivity index (χ1) is 17.4.